The van der Waals surface area contributed by atoms with E-state index in [0.29, 0.717) is 17.2 Å². The van der Waals surface area contributed by atoms with Crippen LogP contribution in [0.5, 0.6) is 17.2 Å². The molecule has 15 atom stereocenters. The average molecular weight is 1410 g/mol. The van der Waals surface area contributed by atoms with Gasteiger partial charge < -0.3 is 129 Å². The van der Waals surface area contributed by atoms with Crippen LogP contribution in [0.4, 0.5) is 0 Å². The Kier molecular flexibility index (Phi) is 25.4. The van der Waals surface area contributed by atoms with Crippen molar-refractivity contribution in [3.63, 3.8) is 0 Å². The largest absolute Gasteiger partial charge is 0.491 e. The van der Waals surface area contributed by atoms with Crippen molar-refractivity contribution in [2.24, 2.45) is 11.8 Å². The van der Waals surface area contributed by atoms with Crippen LogP contribution in [0.15, 0.2) is 152 Å². The molecule has 26 heteroatoms. The van der Waals surface area contributed by atoms with Gasteiger partial charge in [-0.15, -0.1) is 0 Å². The third kappa shape index (κ3) is 17.3. The van der Waals surface area contributed by atoms with Gasteiger partial charge in [-0.1, -0.05) is 66.7 Å². The summed E-state index contributed by atoms with van der Waals surface area (Å²) >= 11 is 0. The molecule has 2 aliphatic heterocycles. The fourth-order valence-electron chi connectivity index (χ4n) is 13.5. The second-order valence-electron chi connectivity index (χ2n) is 25.7. The first-order chi connectivity index (χ1) is 49.7. The van der Waals surface area contributed by atoms with Gasteiger partial charge in [0, 0.05) is 91.5 Å². The number of aromatic amines is 4. The van der Waals surface area contributed by atoms with E-state index in [-0.39, 0.29) is 105 Å². The van der Waals surface area contributed by atoms with Gasteiger partial charge in [0.1, 0.15) is 85.9 Å². The number of nitrogens with one attached hydrogen (secondary N) is 4. The van der Waals surface area contributed by atoms with Crippen LogP contribution in [0.25, 0.3) is 22.3 Å². The van der Waals surface area contributed by atoms with Gasteiger partial charge in [-0.25, -0.2) is 0 Å². The third-order valence-electron chi connectivity index (χ3n) is 19.0. The van der Waals surface area contributed by atoms with Crippen molar-refractivity contribution in [1.29, 1.82) is 0 Å². The van der Waals surface area contributed by atoms with Crippen LogP contribution in [0, 0.1) is 11.8 Å². The summed E-state index contributed by atoms with van der Waals surface area (Å²) in [7, 11) is 0. The number of aliphatic hydroxyl groups excluding tert-OH is 12. The predicted molar refractivity (Wildman–Crippen MR) is 368 cm³/mol. The molecule has 26 nitrogen and oxygen atoms in total. The Morgan fingerprint density at radius 1 is 0.304 bits per heavy atom. The molecule has 0 radical (unpaired) electrons. The first-order valence-corrected chi connectivity index (χ1v) is 34.4. The maximum absolute atomic E-state index is 10.5. The second-order valence-corrected chi connectivity index (χ2v) is 25.7. The summed E-state index contributed by atoms with van der Waals surface area (Å²) in [5, 5.41) is 124. The molecule has 0 amide bonds. The number of hydrogen-bond donors (Lipinski definition) is 16. The van der Waals surface area contributed by atoms with Crippen molar-refractivity contribution >= 4 is 22.3 Å². The summed E-state index contributed by atoms with van der Waals surface area (Å²) in [5.41, 5.74) is 10.4. The molecular formula is C76H90N4O22. The Balaban J connectivity index is 0.807. The van der Waals surface area contributed by atoms with E-state index in [4.69, 9.17) is 47.4 Å². The summed E-state index contributed by atoms with van der Waals surface area (Å²) in [6, 6.07) is 50.2. The maximum atomic E-state index is 10.5. The summed E-state index contributed by atoms with van der Waals surface area (Å²) < 4.78 is 58.3. The van der Waals surface area contributed by atoms with E-state index in [9.17, 15) is 61.3 Å². The third-order valence-corrected chi connectivity index (χ3v) is 19.0. The van der Waals surface area contributed by atoms with Crippen LogP contribution in [0.3, 0.4) is 0 Å². The van der Waals surface area contributed by atoms with E-state index in [0.717, 1.165) is 88.7 Å². The SMILES string of the molecule is OCC1CC(OCCOCCOc2ccc(C3=c4ccc([nH]4)=C(c4ccc(OCCOCCOC5CC(CO)C(O)C(O)C5O)cc4)c4ccc([nH]4)C(c4ccc(OCCOCCOC5OC(CO)C(O)C(O)C5O)cc4)=c4ccc([nH]4)=C(c4ccccc4)c4ccc3[nH]4)cc2)C(O)C(O)C1O. The van der Waals surface area contributed by atoms with E-state index < -0.39 is 98.0 Å². The molecule has 15 unspecified atom stereocenters. The smallest absolute Gasteiger partial charge is 0.186 e. The van der Waals surface area contributed by atoms with Crippen molar-refractivity contribution < 1.29 is 109 Å². The fourth-order valence-corrected chi connectivity index (χ4v) is 13.5. The minimum absolute atomic E-state index is 0.00166. The molecule has 4 aliphatic rings. The van der Waals surface area contributed by atoms with Crippen LogP contribution in [0.2, 0.25) is 0 Å². The van der Waals surface area contributed by atoms with Crippen LogP contribution >= 0.6 is 0 Å². The Morgan fingerprint density at radius 3 is 0.990 bits per heavy atom. The molecule has 4 aromatic heterocycles. The summed E-state index contributed by atoms with van der Waals surface area (Å²) in [6.45, 7) is 0.812. The molecule has 4 aromatic carbocycles. The molecule has 546 valence electrons. The minimum atomic E-state index is -1.55. The van der Waals surface area contributed by atoms with E-state index in [1.807, 2.05) is 91.0 Å². The molecule has 8 aromatic rings. The number of aromatic nitrogens is 4. The Bertz CT molecular complexity index is 4190. The molecule has 102 heavy (non-hydrogen) atoms. The number of H-pyrrole nitrogens is 4. The number of hydrogen-bond acceptors (Lipinski definition) is 22. The van der Waals surface area contributed by atoms with Gasteiger partial charge in [0.15, 0.2) is 6.29 Å². The molecule has 8 bridgehead atoms. The highest BCUT2D eigenvalue weighted by atomic mass is 16.7. The van der Waals surface area contributed by atoms with Gasteiger partial charge in [-0.2, -0.15) is 0 Å². The summed E-state index contributed by atoms with van der Waals surface area (Å²) in [6.07, 6.45) is -16.0. The normalized spacial score (nSPS) is 26.0. The van der Waals surface area contributed by atoms with Crippen molar-refractivity contribution in [2.45, 2.75) is 92.4 Å². The lowest BCUT2D eigenvalue weighted by Crippen LogP contribution is -2.59. The molecule has 12 rings (SSSR count). The number of fused-ring (bicyclic) bond motifs is 8. The molecule has 3 fully saturated rings. The molecular weight excluding hydrogens is 1320 g/mol. The van der Waals surface area contributed by atoms with Gasteiger partial charge in [-0.3, -0.25) is 0 Å². The van der Waals surface area contributed by atoms with E-state index >= 15 is 0 Å². The quantitative estimate of drug-likeness (QED) is 0.0238. The molecule has 2 aliphatic carbocycles. The lowest BCUT2D eigenvalue weighted by atomic mass is 9.81. The molecule has 6 heterocycles. The van der Waals surface area contributed by atoms with Gasteiger partial charge in [0.25, 0.3) is 0 Å². The standard InChI is InChI=1S/C76H90N4O22/c81-40-47-38-60(69(86)72(89)67(47)84)99-35-29-93-26-32-96-49-12-6-44(7-13-49)64-54-20-18-52(77-54)63(43-4-2-1-3-5-43)53-19-21-55(78-53)65(45-8-16-51(17-9-45)98-34-28-95-31-37-101-76-75(92)74(91)71(88)62(42-83)102-76)57-23-25-59(80-57)66(58-24-22-56(64)79-58)46-10-14-50(15-11-46)97-33-27-94-30-36-100-61-39-48(41-82)68(85)73(90)70(61)87/h1-25,47-48,60-62,67-92H,26-42H2. The zero-order valence-electron chi connectivity index (χ0n) is 56.1. The Morgan fingerprint density at radius 2 is 0.637 bits per heavy atom. The van der Waals surface area contributed by atoms with Crippen molar-refractivity contribution in [1.82, 2.24) is 19.9 Å². The van der Waals surface area contributed by atoms with E-state index in [2.05, 4.69) is 80.6 Å². The molecule has 1 saturated heterocycles. The molecule has 16 N–H and O–H groups in total. The van der Waals surface area contributed by atoms with Gasteiger partial charge in [0.05, 0.1) is 90.5 Å². The van der Waals surface area contributed by atoms with Crippen LogP contribution < -0.4 is 35.6 Å². The lowest BCUT2D eigenvalue weighted by molar-refractivity contribution is -0.302. The van der Waals surface area contributed by atoms with Gasteiger partial charge >= 0.3 is 0 Å². The zero-order valence-corrected chi connectivity index (χ0v) is 56.1. The van der Waals surface area contributed by atoms with Crippen LogP contribution in [-0.4, -0.2) is 260 Å². The van der Waals surface area contributed by atoms with E-state index in [1.54, 1.807) is 0 Å². The van der Waals surface area contributed by atoms with Crippen molar-refractivity contribution in [3.05, 3.63) is 218 Å². The topological polar surface area (TPSA) is 398 Å². The number of ether oxygens (including phenoxy) is 10. The van der Waals surface area contributed by atoms with Crippen LogP contribution in [0.1, 0.15) is 57.9 Å². The lowest BCUT2D eigenvalue weighted by Gasteiger charge is -2.39. The highest BCUT2D eigenvalue weighted by molar-refractivity contribution is 5.85. The highest BCUT2D eigenvalue weighted by Crippen LogP contribution is 2.33. The van der Waals surface area contributed by atoms with Crippen LogP contribution in [-0.2, 0) is 33.2 Å². The second kappa shape index (κ2) is 35.1. The average Bonchev–Trinajstić information content (AvgIpc) is 1.62. The maximum Gasteiger partial charge on any atom is 0.186 e. The number of rotatable bonds is 31. The number of benzene rings is 4. The van der Waals surface area contributed by atoms with Gasteiger partial charge in [-0.05, 0) is 120 Å². The summed E-state index contributed by atoms with van der Waals surface area (Å²) in [5.74, 6) is 0.589. The number of aliphatic hydroxyl groups is 12. The van der Waals surface area contributed by atoms with E-state index in [1.165, 1.54) is 0 Å². The monoisotopic (exact) mass is 1410 g/mol. The minimum Gasteiger partial charge on any atom is -0.491 e. The first-order valence-electron chi connectivity index (χ1n) is 34.4. The Hall–Kier alpha value is -7.88. The predicted octanol–water partition coefficient (Wildman–Crippen LogP) is -0.735. The first kappa shape index (κ1) is 73.9. The fraction of sp³-hybridized carbons (Fsp3) is 0.421. The zero-order chi connectivity index (χ0) is 71.2. The Labute approximate surface area is 587 Å². The van der Waals surface area contributed by atoms with Gasteiger partial charge in [0.2, 0.25) is 0 Å². The molecule has 2 saturated carbocycles. The molecule has 0 spiro atoms. The highest BCUT2D eigenvalue weighted by Gasteiger charge is 2.46. The summed E-state index contributed by atoms with van der Waals surface area (Å²) in [4.78, 5) is 15.3. The van der Waals surface area contributed by atoms with Crippen molar-refractivity contribution in [2.75, 3.05) is 99.1 Å². The van der Waals surface area contributed by atoms with Crippen molar-refractivity contribution in [3.8, 4) is 17.2 Å².